The van der Waals surface area contributed by atoms with Crippen molar-refractivity contribution < 1.29 is 0 Å². The smallest absolute Gasteiger partial charge is 0.0696 e. The summed E-state index contributed by atoms with van der Waals surface area (Å²) in [6.07, 6.45) is 5.41. The Morgan fingerprint density at radius 1 is 1.29 bits per heavy atom. The molecule has 0 saturated heterocycles. The standard InChI is InChI=1S/C16H21N/c1-3-6-13(2)9-16(12-17)10-14-7-4-5-8-15(14)11-16/h4-5,7-8,13H,3,6,9-11H2,1-2H3. The zero-order chi connectivity index (χ0) is 12.3. The molecule has 1 aromatic carbocycles. The van der Waals surface area contributed by atoms with E-state index < -0.39 is 0 Å². The first-order valence-corrected chi connectivity index (χ1v) is 6.67. The molecule has 0 spiro atoms. The summed E-state index contributed by atoms with van der Waals surface area (Å²) in [6, 6.07) is 11.1. The van der Waals surface area contributed by atoms with Crippen LogP contribution in [-0.2, 0) is 12.8 Å². The molecule has 2 rings (SSSR count). The van der Waals surface area contributed by atoms with Crippen molar-refractivity contribution in [2.24, 2.45) is 11.3 Å². The lowest BCUT2D eigenvalue weighted by Crippen LogP contribution is -2.22. The van der Waals surface area contributed by atoms with Crippen LogP contribution in [0.4, 0.5) is 0 Å². The van der Waals surface area contributed by atoms with Gasteiger partial charge >= 0.3 is 0 Å². The molecule has 0 aliphatic heterocycles. The number of fused-ring (bicyclic) bond motifs is 1. The Kier molecular flexibility index (Phi) is 3.52. The molecule has 1 aromatic rings. The maximum Gasteiger partial charge on any atom is 0.0696 e. The quantitative estimate of drug-likeness (QED) is 0.759. The van der Waals surface area contributed by atoms with Crippen LogP contribution in [0.1, 0.15) is 44.2 Å². The van der Waals surface area contributed by atoms with E-state index in [2.05, 4.69) is 44.2 Å². The predicted molar refractivity (Wildman–Crippen MR) is 70.6 cm³/mol. The van der Waals surface area contributed by atoms with Crippen LogP contribution in [0.2, 0.25) is 0 Å². The highest BCUT2D eigenvalue weighted by atomic mass is 14.4. The van der Waals surface area contributed by atoms with Gasteiger partial charge in [-0.15, -0.1) is 0 Å². The monoisotopic (exact) mass is 227 g/mol. The van der Waals surface area contributed by atoms with Crippen LogP contribution < -0.4 is 0 Å². The second-order valence-electron chi connectivity index (χ2n) is 5.61. The zero-order valence-electron chi connectivity index (χ0n) is 10.9. The molecule has 0 radical (unpaired) electrons. The molecule has 0 aromatic heterocycles. The third-order valence-electron chi connectivity index (χ3n) is 3.93. The largest absolute Gasteiger partial charge is 0.198 e. The second-order valence-corrected chi connectivity index (χ2v) is 5.61. The van der Waals surface area contributed by atoms with E-state index in [0.29, 0.717) is 5.92 Å². The molecule has 0 N–H and O–H groups in total. The topological polar surface area (TPSA) is 23.8 Å². The zero-order valence-corrected chi connectivity index (χ0v) is 10.9. The van der Waals surface area contributed by atoms with E-state index in [1.807, 2.05) is 0 Å². The van der Waals surface area contributed by atoms with Gasteiger partial charge in [0.15, 0.2) is 0 Å². The highest BCUT2D eigenvalue weighted by Gasteiger charge is 2.38. The summed E-state index contributed by atoms with van der Waals surface area (Å²) in [7, 11) is 0. The van der Waals surface area contributed by atoms with E-state index >= 15 is 0 Å². The summed E-state index contributed by atoms with van der Waals surface area (Å²) in [5, 5.41) is 9.56. The molecule has 1 unspecified atom stereocenters. The van der Waals surface area contributed by atoms with Gasteiger partial charge in [-0.25, -0.2) is 0 Å². The Morgan fingerprint density at radius 3 is 2.35 bits per heavy atom. The van der Waals surface area contributed by atoms with Gasteiger partial charge in [0.25, 0.3) is 0 Å². The lowest BCUT2D eigenvalue weighted by Gasteiger charge is -2.24. The molecule has 0 saturated carbocycles. The van der Waals surface area contributed by atoms with Gasteiger partial charge in [-0.1, -0.05) is 51.0 Å². The van der Waals surface area contributed by atoms with Crippen LogP contribution in [0.15, 0.2) is 24.3 Å². The minimum atomic E-state index is -0.127. The number of rotatable bonds is 4. The van der Waals surface area contributed by atoms with Crippen molar-refractivity contribution in [2.75, 3.05) is 0 Å². The number of nitriles is 1. The molecular weight excluding hydrogens is 206 g/mol. The van der Waals surface area contributed by atoms with Crippen LogP contribution >= 0.6 is 0 Å². The molecule has 1 aliphatic carbocycles. The minimum Gasteiger partial charge on any atom is -0.198 e. The van der Waals surface area contributed by atoms with Crippen molar-refractivity contribution in [3.8, 4) is 6.07 Å². The van der Waals surface area contributed by atoms with E-state index in [9.17, 15) is 5.26 Å². The van der Waals surface area contributed by atoms with Gasteiger partial charge < -0.3 is 0 Å². The van der Waals surface area contributed by atoms with E-state index in [1.54, 1.807) is 0 Å². The van der Waals surface area contributed by atoms with Crippen LogP contribution in [0.3, 0.4) is 0 Å². The highest BCUT2D eigenvalue weighted by Crippen LogP contribution is 2.41. The first-order valence-electron chi connectivity index (χ1n) is 6.67. The predicted octanol–water partition coefficient (Wildman–Crippen LogP) is 4.12. The number of hydrogen-bond acceptors (Lipinski definition) is 1. The molecule has 0 fully saturated rings. The van der Waals surface area contributed by atoms with Gasteiger partial charge in [0.2, 0.25) is 0 Å². The Balaban J connectivity index is 2.13. The van der Waals surface area contributed by atoms with Crippen LogP contribution in [-0.4, -0.2) is 0 Å². The van der Waals surface area contributed by atoms with E-state index in [1.165, 1.54) is 24.0 Å². The lowest BCUT2D eigenvalue weighted by molar-refractivity contribution is 0.303. The normalized spacial score (nSPS) is 18.4. The molecule has 1 atom stereocenters. The van der Waals surface area contributed by atoms with Gasteiger partial charge in [-0.3, -0.25) is 0 Å². The summed E-state index contributed by atoms with van der Waals surface area (Å²) >= 11 is 0. The average Bonchev–Trinajstić information content (AvgIpc) is 2.67. The van der Waals surface area contributed by atoms with Crippen molar-refractivity contribution in [1.82, 2.24) is 0 Å². The summed E-state index contributed by atoms with van der Waals surface area (Å²) in [5.41, 5.74) is 2.65. The van der Waals surface area contributed by atoms with Gasteiger partial charge in [-0.2, -0.15) is 5.26 Å². The van der Waals surface area contributed by atoms with E-state index in [4.69, 9.17) is 0 Å². The SMILES string of the molecule is CCCC(C)CC1(C#N)Cc2ccccc2C1. The Hall–Kier alpha value is -1.29. The van der Waals surface area contributed by atoms with Crippen molar-refractivity contribution in [1.29, 1.82) is 5.26 Å². The summed E-state index contributed by atoms with van der Waals surface area (Å²) < 4.78 is 0. The van der Waals surface area contributed by atoms with Crippen LogP contribution in [0.25, 0.3) is 0 Å². The number of hydrogen-bond donors (Lipinski definition) is 0. The molecule has 0 amide bonds. The molecule has 90 valence electrons. The first kappa shape index (κ1) is 12.2. The van der Waals surface area contributed by atoms with Crippen LogP contribution in [0, 0.1) is 22.7 Å². The second kappa shape index (κ2) is 4.92. The third kappa shape index (κ3) is 2.52. The third-order valence-corrected chi connectivity index (χ3v) is 3.93. The minimum absolute atomic E-state index is 0.127. The summed E-state index contributed by atoms with van der Waals surface area (Å²) in [5.74, 6) is 0.661. The maximum absolute atomic E-state index is 9.56. The van der Waals surface area contributed by atoms with Gasteiger partial charge in [0.1, 0.15) is 0 Å². The van der Waals surface area contributed by atoms with E-state index in [-0.39, 0.29) is 5.41 Å². The van der Waals surface area contributed by atoms with Crippen molar-refractivity contribution >= 4 is 0 Å². The first-order chi connectivity index (χ1) is 8.19. The fourth-order valence-electron chi connectivity index (χ4n) is 3.22. The van der Waals surface area contributed by atoms with Crippen molar-refractivity contribution in [2.45, 2.75) is 46.0 Å². The summed E-state index contributed by atoms with van der Waals surface area (Å²) in [4.78, 5) is 0. The highest BCUT2D eigenvalue weighted by molar-refractivity contribution is 5.37. The molecule has 1 nitrogen and oxygen atoms in total. The van der Waals surface area contributed by atoms with Crippen molar-refractivity contribution in [3.05, 3.63) is 35.4 Å². The Bertz CT molecular complexity index is 402. The Morgan fingerprint density at radius 2 is 1.88 bits per heavy atom. The summed E-state index contributed by atoms with van der Waals surface area (Å²) in [6.45, 7) is 4.50. The fourth-order valence-corrected chi connectivity index (χ4v) is 3.22. The molecule has 1 heteroatoms. The van der Waals surface area contributed by atoms with Gasteiger partial charge in [0.05, 0.1) is 11.5 Å². The maximum atomic E-state index is 9.56. The fraction of sp³-hybridized carbons (Fsp3) is 0.562. The van der Waals surface area contributed by atoms with E-state index in [0.717, 1.165) is 19.3 Å². The molecule has 17 heavy (non-hydrogen) atoms. The Labute approximate surface area is 104 Å². The average molecular weight is 227 g/mol. The van der Waals surface area contributed by atoms with Crippen LogP contribution in [0.5, 0.6) is 0 Å². The van der Waals surface area contributed by atoms with Gasteiger partial charge in [-0.05, 0) is 36.3 Å². The van der Waals surface area contributed by atoms with Crippen molar-refractivity contribution in [3.63, 3.8) is 0 Å². The number of benzene rings is 1. The molecule has 1 aliphatic rings. The molecule has 0 heterocycles. The molecular formula is C16H21N. The molecule has 0 bridgehead atoms. The van der Waals surface area contributed by atoms with Gasteiger partial charge in [0, 0.05) is 0 Å². The lowest BCUT2D eigenvalue weighted by atomic mass is 9.77. The number of nitrogens with zero attached hydrogens (tertiary/aromatic N) is 1.